The number of rotatable bonds is 8. The van der Waals surface area contributed by atoms with Gasteiger partial charge < -0.3 is 24.1 Å². The fourth-order valence-corrected chi connectivity index (χ4v) is 2.92. The van der Waals surface area contributed by atoms with Crippen LogP contribution in [0.2, 0.25) is 5.02 Å². The van der Waals surface area contributed by atoms with Gasteiger partial charge >= 0.3 is 0 Å². The van der Waals surface area contributed by atoms with Crippen LogP contribution in [0.4, 0.5) is 5.69 Å². The van der Waals surface area contributed by atoms with E-state index in [1.165, 1.54) is 14.2 Å². The Bertz CT molecular complexity index is 1010. The number of aromatic nitrogens is 2. The number of halogens is 1. The monoisotopic (exact) mass is 417 g/mol. The van der Waals surface area contributed by atoms with Gasteiger partial charge in [0.25, 0.3) is 0 Å². The number of benzene rings is 2. The number of hydrogen-bond donors (Lipinski definition) is 1. The number of aryl methyl sites for hydroxylation is 1. The second-order valence-electron chi connectivity index (χ2n) is 5.95. The van der Waals surface area contributed by atoms with Gasteiger partial charge in [0.1, 0.15) is 17.2 Å². The third-order valence-corrected chi connectivity index (χ3v) is 4.43. The number of methoxy groups -OCH3 is 3. The van der Waals surface area contributed by atoms with Crippen LogP contribution in [0.3, 0.4) is 0 Å². The minimum atomic E-state index is -0.246. The number of carbonyl (C=O) groups is 1. The molecule has 152 valence electrons. The summed E-state index contributed by atoms with van der Waals surface area (Å²) >= 11 is 6.08. The first-order chi connectivity index (χ1) is 14.0. The molecule has 0 aliphatic carbocycles. The molecule has 0 unspecified atom stereocenters. The van der Waals surface area contributed by atoms with Gasteiger partial charge in [0, 0.05) is 25.0 Å². The molecular formula is C20H20ClN3O5. The standard InChI is InChI=1S/C20H20ClN3O5/c1-26-15-7-5-4-6-12(15)20-23-19(29-24-20)9-8-18(25)22-14-11-16(27-2)13(21)10-17(14)28-3/h4-7,10-11H,8-9H2,1-3H3,(H,22,25). The summed E-state index contributed by atoms with van der Waals surface area (Å²) in [5, 5.41) is 7.13. The zero-order chi connectivity index (χ0) is 20.8. The molecular weight excluding hydrogens is 398 g/mol. The van der Waals surface area contributed by atoms with Crippen molar-refractivity contribution in [3.63, 3.8) is 0 Å². The summed E-state index contributed by atoms with van der Waals surface area (Å²) in [6.07, 6.45) is 0.419. The number of hydrogen-bond acceptors (Lipinski definition) is 7. The van der Waals surface area contributed by atoms with E-state index >= 15 is 0 Å². The molecule has 0 spiro atoms. The summed E-state index contributed by atoms with van der Waals surface area (Å²) in [6, 6.07) is 10.5. The Hall–Kier alpha value is -3.26. The summed E-state index contributed by atoms with van der Waals surface area (Å²) in [5.74, 6) is 2.01. The molecule has 1 aromatic heterocycles. The Labute approximate surface area is 172 Å². The molecule has 0 atom stereocenters. The van der Waals surface area contributed by atoms with Crippen molar-refractivity contribution in [1.29, 1.82) is 0 Å². The van der Waals surface area contributed by atoms with E-state index in [9.17, 15) is 4.79 Å². The molecule has 0 saturated carbocycles. The molecule has 29 heavy (non-hydrogen) atoms. The van der Waals surface area contributed by atoms with E-state index in [0.717, 1.165) is 0 Å². The molecule has 1 amide bonds. The normalized spacial score (nSPS) is 10.5. The molecule has 0 radical (unpaired) electrons. The minimum absolute atomic E-state index is 0.141. The lowest BCUT2D eigenvalue weighted by Crippen LogP contribution is -2.13. The highest BCUT2D eigenvalue weighted by Crippen LogP contribution is 2.36. The third kappa shape index (κ3) is 4.78. The summed E-state index contributed by atoms with van der Waals surface area (Å²) in [7, 11) is 4.56. The highest BCUT2D eigenvalue weighted by atomic mass is 35.5. The first-order valence-electron chi connectivity index (χ1n) is 8.73. The van der Waals surface area contributed by atoms with Crippen molar-refractivity contribution >= 4 is 23.2 Å². The number of anilines is 1. The second kappa shape index (κ2) is 9.29. The average molecular weight is 418 g/mol. The van der Waals surface area contributed by atoms with Crippen molar-refractivity contribution in [3.05, 3.63) is 47.3 Å². The maximum Gasteiger partial charge on any atom is 0.227 e. The van der Waals surface area contributed by atoms with Gasteiger partial charge in [-0.3, -0.25) is 4.79 Å². The first-order valence-corrected chi connectivity index (χ1v) is 9.10. The predicted octanol–water partition coefficient (Wildman–Crippen LogP) is 3.99. The molecule has 8 nitrogen and oxygen atoms in total. The van der Waals surface area contributed by atoms with Gasteiger partial charge in [-0.25, -0.2) is 0 Å². The zero-order valence-electron chi connectivity index (χ0n) is 16.2. The van der Waals surface area contributed by atoms with E-state index in [1.807, 2.05) is 24.3 Å². The Morgan fingerprint density at radius 2 is 1.79 bits per heavy atom. The fourth-order valence-electron chi connectivity index (χ4n) is 2.69. The molecule has 1 N–H and O–H groups in total. The Balaban J connectivity index is 1.66. The predicted molar refractivity (Wildman–Crippen MR) is 108 cm³/mol. The molecule has 2 aromatic carbocycles. The molecule has 0 aliphatic rings. The van der Waals surface area contributed by atoms with E-state index in [2.05, 4.69) is 15.5 Å². The van der Waals surface area contributed by atoms with Crippen LogP contribution < -0.4 is 19.5 Å². The second-order valence-corrected chi connectivity index (χ2v) is 6.35. The first kappa shape index (κ1) is 20.5. The summed E-state index contributed by atoms with van der Waals surface area (Å²) in [4.78, 5) is 16.7. The minimum Gasteiger partial charge on any atom is -0.496 e. The molecule has 1 heterocycles. The zero-order valence-corrected chi connectivity index (χ0v) is 16.9. The highest BCUT2D eigenvalue weighted by molar-refractivity contribution is 6.32. The van der Waals surface area contributed by atoms with Crippen molar-refractivity contribution in [3.8, 4) is 28.6 Å². The SMILES string of the molecule is COc1cc(NC(=O)CCc2nc(-c3ccccc3OC)no2)c(OC)cc1Cl. The summed E-state index contributed by atoms with van der Waals surface area (Å²) in [6.45, 7) is 0. The highest BCUT2D eigenvalue weighted by Gasteiger charge is 2.16. The van der Waals surface area contributed by atoms with Gasteiger partial charge in [0.2, 0.25) is 17.6 Å². The van der Waals surface area contributed by atoms with Crippen molar-refractivity contribution in [2.75, 3.05) is 26.6 Å². The van der Waals surface area contributed by atoms with Crippen LogP contribution in [0.1, 0.15) is 12.3 Å². The van der Waals surface area contributed by atoms with Gasteiger partial charge in [0.05, 0.1) is 37.6 Å². The molecule has 3 aromatic rings. The number of carbonyl (C=O) groups excluding carboxylic acids is 1. The molecule has 0 saturated heterocycles. The smallest absolute Gasteiger partial charge is 0.227 e. The third-order valence-electron chi connectivity index (χ3n) is 4.13. The van der Waals surface area contributed by atoms with Crippen LogP contribution in [-0.2, 0) is 11.2 Å². The number of amides is 1. The Morgan fingerprint density at radius 1 is 1.07 bits per heavy atom. The maximum atomic E-state index is 12.4. The van der Waals surface area contributed by atoms with Gasteiger partial charge in [-0.15, -0.1) is 0 Å². The van der Waals surface area contributed by atoms with Crippen LogP contribution in [-0.4, -0.2) is 37.4 Å². The van der Waals surface area contributed by atoms with Crippen molar-refractivity contribution in [2.45, 2.75) is 12.8 Å². The van der Waals surface area contributed by atoms with Crippen LogP contribution in [0.25, 0.3) is 11.4 Å². The maximum absolute atomic E-state index is 12.4. The lowest BCUT2D eigenvalue weighted by molar-refractivity contribution is -0.116. The molecule has 9 heteroatoms. The van der Waals surface area contributed by atoms with E-state index < -0.39 is 0 Å². The number of nitrogens with one attached hydrogen (secondary N) is 1. The van der Waals surface area contributed by atoms with E-state index in [1.54, 1.807) is 19.2 Å². The van der Waals surface area contributed by atoms with Gasteiger partial charge in [-0.05, 0) is 12.1 Å². The van der Waals surface area contributed by atoms with Crippen LogP contribution in [0, 0.1) is 0 Å². The number of ether oxygens (including phenoxy) is 3. The van der Waals surface area contributed by atoms with Gasteiger partial charge in [-0.2, -0.15) is 4.98 Å². The van der Waals surface area contributed by atoms with Crippen LogP contribution >= 0.6 is 11.6 Å². The van der Waals surface area contributed by atoms with Crippen LogP contribution in [0.15, 0.2) is 40.9 Å². The van der Waals surface area contributed by atoms with Crippen LogP contribution in [0.5, 0.6) is 17.2 Å². The Morgan fingerprint density at radius 3 is 2.52 bits per heavy atom. The largest absolute Gasteiger partial charge is 0.496 e. The van der Waals surface area contributed by atoms with Gasteiger partial charge in [0.15, 0.2) is 0 Å². The van der Waals surface area contributed by atoms with E-state index in [-0.39, 0.29) is 18.7 Å². The molecule has 0 bridgehead atoms. The van der Waals surface area contributed by atoms with E-state index in [4.69, 9.17) is 30.3 Å². The van der Waals surface area contributed by atoms with Gasteiger partial charge in [-0.1, -0.05) is 28.9 Å². The summed E-state index contributed by atoms with van der Waals surface area (Å²) < 4.78 is 21.0. The molecule has 0 fully saturated rings. The topological polar surface area (TPSA) is 95.7 Å². The molecule has 0 aliphatic heterocycles. The van der Waals surface area contributed by atoms with E-state index in [0.29, 0.717) is 45.2 Å². The average Bonchev–Trinajstić information content (AvgIpc) is 3.22. The Kier molecular flexibility index (Phi) is 6.56. The lowest BCUT2D eigenvalue weighted by atomic mass is 10.2. The number of nitrogens with zero attached hydrogens (tertiary/aromatic N) is 2. The van der Waals surface area contributed by atoms with Crippen molar-refractivity contribution < 1.29 is 23.5 Å². The fraction of sp³-hybridized carbons (Fsp3) is 0.250. The van der Waals surface area contributed by atoms with Crippen molar-refractivity contribution in [1.82, 2.24) is 10.1 Å². The lowest BCUT2D eigenvalue weighted by Gasteiger charge is -2.12. The molecule has 3 rings (SSSR count). The number of para-hydroxylation sites is 1. The quantitative estimate of drug-likeness (QED) is 0.592. The summed E-state index contributed by atoms with van der Waals surface area (Å²) in [5.41, 5.74) is 1.17. The van der Waals surface area contributed by atoms with Crippen molar-refractivity contribution in [2.24, 2.45) is 0 Å².